The molecule has 2 saturated heterocycles. The maximum atomic E-state index is 13.5. The summed E-state index contributed by atoms with van der Waals surface area (Å²) in [5.74, 6) is -1.29. The topological polar surface area (TPSA) is 177 Å². The average molecular weight is 666 g/mol. The summed E-state index contributed by atoms with van der Waals surface area (Å²) in [6.07, 6.45) is -4.58. The highest BCUT2D eigenvalue weighted by atomic mass is 16.7. The number of nitrogens with zero attached hydrogens (tertiary/aromatic N) is 3. The second-order valence-electron chi connectivity index (χ2n) is 11.7. The van der Waals surface area contributed by atoms with Gasteiger partial charge in [0.25, 0.3) is 0 Å². The van der Waals surface area contributed by atoms with Crippen molar-refractivity contribution in [3.8, 4) is 0 Å². The summed E-state index contributed by atoms with van der Waals surface area (Å²) in [5, 5.41) is 14.5. The first-order valence-corrected chi connectivity index (χ1v) is 16.7. The second-order valence-corrected chi connectivity index (χ2v) is 11.7. The molecule has 0 saturated carbocycles. The number of ether oxygens (including phenoxy) is 8. The van der Waals surface area contributed by atoms with Crippen molar-refractivity contribution in [1.82, 2.24) is 0 Å². The van der Waals surface area contributed by atoms with Crippen molar-refractivity contribution in [3.05, 3.63) is 46.3 Å². The van der Waals surface area contributed by atoms with Crippen molar-refractivity contribution in [1.29, 1.82) is 0 Å². The van der Waals surface area contributed by atoms with Gasteiger partial charge in [-0.3, -0.25) is 4.79 Å². The minimum atomic E-state index is -1.58. The van der Waals surface area contributed by atoms with E-state index < -0.39 is 73.3 Å². The summed E-state index contributed by atoms with van der Waals surface area (Å²) in [7, 11) is 0. The molecule has 2 aliphatic heterocycles. The molecule has 1 aromatic carbocycles. The van der Waals surface area contributed by atoms with Crippen LogP contribution in [0, 0.1) is 0 Å². The zero-order chi connectivity index (χ0) is 34.2. The van der Waals surface area contributed by atoms with Crippen molar-refractivity contribution in [2.75, 3.05) is 26.4 Å². The Morgan fingerprint density at radius 1 is 0.872 bits per heavy atom. The summed E-state index contributed by atoms with van der Waals surface area (Å²) in [6.45, 7) is 10.3. The highest BCUT2D eigenvalue weighted by Gasteiger charge is 2.54. The summed E-state index contributed by atoms with van der Waals surface area (Å²) < 4.78 is 49.1. The van der Waals surface area contributed by atoms with Crippen LogP contribution in [-0.2, 0) is 42.7 Å². The van der Waals surface area contributed by atoms with Crippen LogP contribution in [0.5, 0.6) is 0 Å². The third-order valence-electron chi connectivity index (χ3n) is 7.93. The lowest BCUT2D eigenvalue weighted by atomic mass is 9.95. The predicted molar refractivity (Wildman–Crippen MR) is 169 cm³/mol. The van der Waals surface area contributed by atoms with Gasteiger partial charge in [0.05, 0.1) is 18.3 Å². The van der Waals surface area contributed by atoms with E-state index in [9.17, 15) is 20.2 Å². The molecule has 0 aromatic heterocycles. The number of rotatable bonds is 19. The van der Waals surface area contributed by atoms with E-state index in [1.807, 2.05) is 6.92 Å². The van der Waals surface area contributed by atoms with Gasteiger partial charge >= 0.3 is 11.9 Å². The maximum absolute atomic E-state index is 13.5. The number of aliphatic hydroxyl groups excluding tert-OH is 1. The van der Waals surface area contributed by atoms with E-state index in [0.29, 0.717) is 25.4 Å². The van der Waals surface area contributed by atoms with Gasteiger partial charge < -0.3 is 43.0 Å². The smallest absolute Gasteiger partial charge is 0.338 e. The van der Waals surface area contributed by atoms with E-state index in [0.717, 1.165) is 38.5 Å². The van der Waals surface area contributed by atoms with Crippen LogP contribution in [0.2, 0.25) is 0 Å². The molecule has 4 unspecified atom stereocenters. The molecule has 2 fully saturated rings. The minimum Gasteiger partial charge on any atom is -0.457 e. The van der Waals surface area contributed by atoms with Crippen LogP contribution in [0.4, 0.5) is 0 Å². The molecular weight excluding hydrogens is 614 g/mol. The van der Waals surface area contributed by atoms with E-state index in [2.05, 4.69) is 23.9 Å². The van der Waals surface area contributed by atoms with E-state index in [1.165, 1.54) is 6.92 Å². The first-order chi connectivity index (χ1) is 22.7. The summed E-state index contributed by atoms with van der Waals surface area (Å²) in [6, 6.07) is 7.13. The molecule has 0 amide bonds. The molecule has 0 bridgehead atoms. The van der Waals surface area contributed by atoms with Crippen molar-refractivity contribution in [2.24, 2.45) is 5.11 Å². The fourth-order valence-electron chi connectivity index (χ4n) is 5.43. The lowest BCUT2D eigenvalue weighted by Crippen LogP contribution is -2.65. The molecule has 2 heterocycles. The standard InChI is InChI=1S/C33H51N3O11/c1-6-9-17-40-20-24-27(41-18-10-7-2)29(42-19-11-8-3)30(46-31(38)23-15-13-12-14-16-23)33(45-24)47-28-25(35-36-34)32(39)43-21(4)26(28)44-22(5)37/h12-16,21,24-30,32-33,39H,6-11,17-20H2,1-5H3/t21?,24?,25-,26+,27+,28?,29?,30-,32+,33-/m0/s1. The summed E-state index contributed by atoms with van der Waals surface area (Å²) in [5.41, 5.74) is 9.65. The zero-order valence-electron chi connectivity index (χ0n) is 28.1. The number of unbranched alkanes of at least 4 members (excludes halogenated alkanes) is 3. The molecule has 14 heteroatoms. The van der Waals surface area contributed by atoms with Crippen LogP contribution in [0.3, 0.4) is 0 Å². The van der Waals surface area contributed by atoms with Gasteiger partial charge in [0, 0.05) is 31.7 Å². The Hall–Kier alpha value is -2.81. The number of aliphatic hydroxyl groups is 1. The van der Waals surface area contributed by atoms with Gasteiger partial charge in [0.15, 0.2) is 24.8 Å². The summed E-state index contributed by atoms with van der Waals surface area (Å²) in [4.78, 5) is 28.6. The number of esters is 2. The Morgan fingerprint density at radius 2 is 1.51 bits per heavy atom. The molecule has 2 aliphatic rings. The third kappa shape index (κ3) is 11.4. The normalized spacial score (nSPS) is 30.7. The number of carbonyl (C=O) groups is 2. The van der Waals surface area contributed by atoms with Crippen LogP contribution in [0.15, 0.2) is 35.4 Å². The number of benzene rings is 1. The van der Waals surface area contributed by atoms with Crippen molar-refractivity contribution >= 4 is 11.9 Å². The van der Waals surface area contributed by atoms with Gasteiger partial charge in [-0.15, -0.1) is 0 Å². The number of hydrogen-bond acceptors (Lipinski definition) is 12. The van der Waals surface area contributed by atoms with Gasteiger partial charge in [-0.1, -0.05) is 63.3 Å². The average Bonchev–Trinajstić information content (AvgIpc) is 3.05. The molecule has 47 heavy (non-hydrogen) atoms. The first-order valence-electron chi connectivity index (χ1n) is 16.7. The lowest BCUT2D eigenvalue weighted by Gasteiger charge is -2.48. The Bertz CT molecular complexity index is 1120. The number of hydrogen-bond donors (Lipinski definition) is 1. The van der Waals surface area contributed by atoms with Crippen LogP contribution >= 0.6 is 0 Å². The number of azide groups is 1. The van der Waals surface area contributed by atoms with E-state index in [4.69, 9.17) is 37.9 Å². The van der Waals surface area contributed by atoms with E-state index in [1.54, 1.807) is 37.3 Å². The Kier molecular flexibility index (Phi) is 16.9. The van der Waals surface area contributed by atoms with Crippen LogP contribution in [0.25, 0.3) is 10.4 Å². The van der Waals surface area contributed by atoms with Crippen molar-refractivity contribution < 1.29 is 52.6 Å². The fraction of sp³-hybridized carbons (Fsp3) is 0.758. The third-order valence-corrected chi connectivity index (χ3v) is 7.93. The highest BCUT2D eigenvalue weighted by molar-refractivity contribution is 5.89. The molecule has 1 N–H and O–H groups in total. The molecule has 0 aliphatic carbocycles. The Morgan fingerprint density at radius 3 is 2.13 bits per heavy atom. The monoisotopic (exact) mass is 665 g/mol. The van der Waals surface area contributed by atoms with Crippen molar-refractivity contribution in [2.45, 2.75) is 134 Å². The van der Waals surface area contributed by atoms with Crippen LogP contribution < -0.4 is 0 Å². The Labute approximate surface area is 276 Å². The van der Waals surface area contributed by atoms with Gasteiger partial charge in [-0.2, -0.15) is 0 Å². The Balaban J connectivity index is 2.09. The van der Waals surface area contributed by atoms with Crippen LogP contribution in [-0.4, -0.2) is 105 Å². The molecule has 264 valence electrons. The van der Waals surface area contributed by atoms with E-state index in [-0.39, 0.29) is 6.61 Å². The largest absolute Gasteiger partial charge is 0.457 e. The predicted octanol–water partition coefficient (Wildman–Crippen LogP) is 4.86. The van der Waals surface area contributed by atoms with Crippen LogP contribution in [0.1, 0.15) is 83.5 Å². The highest BCUT2D eigenvalue weighted by Crippen LogP contribution is 2.35. The molecule has 10 atom stereocenters. The molecule has 1 aromatic rings. The SMILES string of the molecule is CCCCOCC1O[C@@H](OC2[C@H](OC(C)=O)C(C)O[C@@H](O)[C@H]2N=[N+]=[N-])[C@@H](OC(=O)c2ccccc2)C(OCCCC)[C@@H]1OCCCC. The molecular formula is C33H51N3O11. The molecule has 3 rings (SSSR count). The molecule has 14 nitrogen and oxygen atoms in total. The fourth-order valence-corrected chi connectivity index (χ4v) is 5.43. The second kappa shape index (κ2) is 20.5. The van der Waals surface area contributed by atoms with Gasteiger partial charge in [-0.25, -0.2) is 4.79 Å². The molecule has 0 radical (unpaired) electrons. The van der Waals surface area contributed by atoms with Gasteiger partial charge in [0.2, 0.25) is 0 Å². The quantitative estimate of drug-likeness (QED) is 0.0702. The minimum absolute atomic E-state index is 0.129. The zero-order valence-corrected chi connectivity index (χ0v) is 28.1. The first kappa shape index (κ1) is 38.6. The number of carbonyl (C=O) groups excluding carboxylic acids is 2. The van der Waals surface area contributed by atoms with E-state index >= 15 is 0 Å². The maximum Gasteiger partial charge on any atom is 0.338 e. The summed E-state index contributed by atoms with van der Waals surface area (Å²) >= 11 is 0. The van der Waals surface area contributed by atoms with Gasteiger partial charge in [0.1, 0.15) is 30.5 Å². The van der Waals surface area contributed by atoms with Crippen molar-refractivity contribution in [3.63, 3.8) is 0 Å². The lowest BCUT2D eigenvalue weighted by molar-refractivity contribution is -0.345. The molecule has 0 spiro atoms. The van der Waals surface area contributed by atoms with Gasteiger partial charge in [-0.05, 0) is 43.9 Å².